The molecule has 344 valence electrons. The van der Waals surface area contributed by atoms with Crippen molar-refractivity contribution >= 4 is 54.4 Å². The fraction of sp³-hybridized carbons (Fsp3) is 0.280. The summed E-state index contributed by atoms with van der Waals surface area (Å²) in [6.45, 7) is 3.99. The number of rotatable bonds is 21. The van der Waals surface area contributed by atoms with Gasteiger partial charge in [0.25, 0.3) is 8.32 Å². The molecule has 5 aromatic carbocycles. The average Bonchev–Trinajstić information content (AvgIpc) is 3.64. The van der Waals surface area contributed by atoms with Gasteiger partial charge in [0, 0.05) is 12.3 Å². The summed E-state index contributed by atoms with van der Waals surface area (Å²) in [5, 5.41) is 24.0. The third kappa shape index (κ3) is 12.3. The van der Waals surface area contributed by atoms with Crippen LogP contribution in [0.5, 0.6) is 0 Å². The standard InChI is InChI=1S/C50H55N5O10Si/c1-50(2,3)66(35-19-9-5-10-20-35,36-21-11-6-12-22-36)65-32-43(48(60)61)64-33-54-45(57)28-52-47(59)42(27-34-17-7-4-8-18-34)55-46(58)30-51-44(56)29-53-49(62)63-31-41-39-25-15-13-23-37(39)38-24-14-16-26-40(38)41/h4-26,41-43H,27-33H2,1-3H3,(H,51,56)(H,52,59)(H,53,62)(H,54,57)(H,55,58)(H,60,61)/t42-,43+/m0/s1. The number of hydrogen-bond acceptors (Lipinski definition) is 9. The Kier molecular flexibility index (Phi) is 16.6. The summed E-state index contributed by atoms with van der Waals surface area (Å²) in [5.74, 6) is -4.16. The number of carboxylic acids is 1. The number of benzene rings is 5. The fourth-order valence-corrected chi connectivity index (χ4v) is 12.6. The largest absolute Gasteiger partial charge is 0.479 e. The molecule has 0 radical (unpaired) electrons. The second kappa shape index (κ2) is 22.7. The summed E-state index contributed by atoms with van der Waals surface area (Å²) in [4.78, 5) is 76.8. The molecule has 16 heteroatoms. The lowest BCUT2D eigenvalue weighted by atomic mass is 9.98. The van der Waals surface area contributed by atoms with Gasteiger partial charge in [-0.1, -0.05) is 160 Å². The molecule has 0 unspecified atom stereocenters. The topological polar surface area (TPSA) is 210 Å². The van der Waals surface area contributed by atoms with E-state index in [9.17, 15) is 33.9 Å². The molecule has 0 heterocycles. The van der Waals surface area contributed by atoms with Gasteiger partial charge in [-0.25, -0.2) is 9.59 Å². The van der Waals surface area contributed by atoms with Crippen molar-refractivity contribution in [3.63, 3.8) is 0 Å². The van der Waals surface area contributed by atoms with Crippen molar-refractivity contribution in [1.29, 1.82) is 0 Å². The van der Waals surface area contributed by atoms with Crippen LogP contribution >= 0.6 is 0 Å². The summed E-state index contributed by atoms with van der Waals surface area (Å²) in [6.07, 6.45) is -2.17. The average molecular weight is 914 g/mol. The second-order valence-electron chi connectivity index (χ2n) is 16.7. The first-order valence-corrected chi connectivity index (χ1v) is 23.5. The van der Waals surface area contributed by atoms with E-state index in [4.69, 9.17) is 13.9 Å². The van der Waals surface area contributed by atoms with E-state index in [1.165, 1.54) is 0 Å². The zero-order valence-corrected chi connectivity index (χ0v) is 38.1. The van der Waals surface area contributed by atoms with E-state index in [1.807, 2.05) is 109 Å². The van der Waals surface area contributed by atoms with Crippen LogP contribution in [0.2, 0.25) is 5.04 Å². The molecule has 0 spiro atoms. The van der Waals surface area contributed by atoms with Gasteiger partial charge in [-0.15, -0.1) is 0 Å². The van der Waals surface area contributed by atoms with Gasteiger partial charge in [-0.05, 0) is 43.2 Å². The van der Waals surface area contributed by atoms with E-state index in [1.54, 1.807) is 30.3 Å². The molecular formula is C50H55N5O10Si. The fourth-order valence-electron chi connectivity index (χ4n) is 8.08. The highest BCUT2D eigenvalue weighted by Crippen LogP contribution is 2.44. The quantitative estimate of drug-likeness (QED) is 0.0466. The van der Waals surface area contributed by atoms with Gasteiger partial charge in [0.2, 0.25) is 23.6 Å². The Balaban J connectivity index is 0.957. The van der Waals surface area contributed by atoms with Crippen LogP contribution < -0.4 is 37.0 Å². The number of alkyl carbamates (subject to hydrolysis) is 1. The molecule has 5 aromatic rings. The maximum atomic E-state index is 13.4. The van der Waals surface area contributed by atoms with Crippen LogP contribution in [-0.4, -0.2) is 101 Å². The first-order valence-electron chi connectivity index (χ1n) is 21.6. The lowest BCUT2D eigenvalue weighted by Gasteiger charge is -2.43. The molecule has 0 fully saturated rings. The Morgan fingerprint density at radius 3 is 1.68 bits per heavy atom. The van der Waals surface area contributed by atoms with Crippen LogP contribution in [-0.2, 0) is 44.3 Å². The molecule has 66 heavy (non-hydrogen) atoms. The van der Waals surface area contributed by atoms with Crippen LogP contribution in [0.4, 0.5) is 4.79 Å². The number of carbonyl (C=O) groups is 6. The Morgan fingerprint density at radius 2 is 1.12 bits per heavy atom. The van der Waals surface area contributed by atoms with Gasteiger partial charge in [-0.2, -0.15) is 0 Å². The first-order chi connectivity index (χ1) is 31.8. The smallest absolute Gasteiger partial charge is 0.407 e. The minimum Gasteiger partial charge on any atom is -0.479 e. The number of nitrogens with one attached hydrogen (secondary N) is 5. The third-order valence-electron chi connectivity index (χ3n) is 11.2. The van der Waals surface area contributed by atoms with Crippen LogP contribution in [0.1, 0.15) is 43.4 Å². The summed E-state index contributed by atoms with van der Waals surface area (Å²) >= 11 is 0. The minimum absolute atomic E-state index is 0.0616. The molecule has 0 aromatic heterocycles. The molecule has 0 saturated carbocycles. The molecule has 15 nitrogen and oxygen atoms in total. The van der Waals surface area contributed by atoms with Gasteiger partial charge < -0.3 is 45.6 Å². The normalized spacial score (nSPS) is 13.0. The van der Waals surface area contributed by atoms with Crippen molar-refractivity contribution in [2.75, 3.05) is 39.6 Å². The van der Waals surface area contributed by atoms with E-state index in [0.717, 1.165) is 32.6 Å². The zero-order valence-electron chi connectivity index (χ0n) is 37.1. The Morgan fingerprint density at radius 1 is 0.621 bits per heavy atom. The van der Waals surface area contributed by atoms with Crippen LogP contribution in [0, 0.1) is 0 Å². The molecule has 6 rings (SSSR count). The SMILES string of the molecule is CC(C)(C)[Si](OC[C@@H](OCNC(=O)CNC(=O)[C@H](Cc1ccccc1)NC(=O)CNC(=O)CNC(=O)OCC1c2ccccc2-c2ccccc21)C(=O)O)(c1ccccc1)c1ccccc1. The molecule has 0 saturated heterocycles. The number of ether oxygens (including phenoxy) is 2. The highest BCUT2D eigenvalue weighted by Gasteiger charge is 2.50. The van der Waals surface area contributed by atoms with Crippen LogP contribution in [0.15, 0.2) is 140 Å². The van der Waals surface area contributed by atoms with Crippen molar-refractivity contribution in [2.24, 2.45) is 0 Å². The highest BCUT2D eigenvalue weighted by atomic mass is 28.4. The molecule has 0 aliphatic heterocycles. The zero-order chi connectivity index (χ0) is 47.1. The van der Waals surface area contributed by atoms with E-state index < -0.39 is 87.6 Å². The highest BCUT2D eigenvalue weighted by molar-refractivity contribution is 6.99. The van der Waals surface area contributed by atoms with Crippen molar-refractivity contribution in [3.05, 3.63) is 156 Å². The van der Waals surface area contributed by atoms with Gasteiger partial charge in [-0.3, -0.25) is 19.2 Å². The molecule has 1 aliphatic rings. The Bertz CT molecular complexity index is 2380. The lowest BCUT2D eigenvalue weighted by molar-refractivity contribution is -0.154. The van der Waals surface area contributed by atoms with Crippen LogP contribution in [0.25, 0.3) is 11.1 Å². The molecular weight excluding hydrogens is 859 g/mol. The number of carbonyl (C=O) groups excluding carboxylic acids is 5. The molecule has 0 bridgehead atoms. The summed E-state index contributed by atoms with van der Waals surface area (Å²) in [6, 6.07) is 43.0. The Hall–Kier alpha value is -7.14. The second-order valence-corrected chi connectivity index (χ2v) is 21.0. The maximum absolute atomic E-state index is 13.4. The van der Waals surface area contributed by atoms with Crippen molar-refractivity contribution in [1.82, 2.24) is 26.6 Å². The summed E-state index contributed by atoms with van der Waals surface area (Å²) in [5.41, 5.74) is 4.97. The molecule has 1 aliphatic carbocycles. The predicted octanol–water partition coefficient (Wildman–Crippen LogP) is 3.61. The van der Waals surface area contributed by atoms with E-state index in [-0.39, 0.29) is 25.6 Å². The van der Waals surface area contributed by atoms with Crippen molar-refractivity contribution in [3.8, 4) is 11.1 Å². The lowest BCUT2D eigenvalue weighted by Crippen LogP contribution is -2.67. The number of hydrogen-bond donors (Lipinski definition) is 6. The number of amides is 5. The Labute approximate surface area is 384 Å². The number of carboxylic acid groups (broad SMARTS) is 1. The van der Waals surface area contributed by atoms with E-state index >= 15 is 0 Å². The maximum Gasteiger partial charge on any atom is 0.407 e. The van der Waals surface area contributed by atoms with Gasteiger partial charge in [0.15, 0.2) is 6.10 Å². The van der Waals surface area contributed by atoms with E-state index in [2.05, 4.69) is 47.4 Å². The molecule has 5 amide bonds. The number of aliphatic carboxylic acids is 1. The van der Waals surface area contributed by atoms with Gasteiger partial charge in [0.05, 0.1) is 19.7 Å². The molecule has 6 N–H and O–H groups in total. The monoisotopic (exact) mass is 913 g/mol. The van der Waals surface area contributed by atoms with Gasteiger partial charge >= 0.3 is 12.1 Å². The van der Waals surface area contributed by atoms with Crippen molar-refractivity contribution < 1.29 is 47.8 Å². The number of fused-ring (bicyclic) bond motifs is 3. The van der Waals surface area contributed by atoms with E-state index in [0.29, 0.717) is 5.56 Å². The minimum atomic E-state index is -3.09. The van der Waals surface area contributed by atoms with Crippen molar-refractivity contribution in [2.45, 2.75) is 50.3 Å². The summed E-state index contributed by atoms with van der Waals surface area (Å²) in [7, 11) is -3.09. The van der Waals surface area contributed by atoms with Gasteiger partial charge in [0.1, 0.15) is 25.9 Å². The summed E-state index contributed by atoms with van der Waals surface area (Å²) < 4.78 is 17.8. The first kappa shape index (κ1) is 48.3. The van der Waals surface area contributed by atoms with Crippen LogP contribution in [0.3, 0.4) is 0 Å². The predicted molar refractivity (Wildman–Crippen MR) is 250 cm³/mol. The third-order valence-corrected chi connectivity index (χ3v) is 16.2. The molecule has 2 atom stereocenters.